The fourth-order valence-electron chi connectivity index (χ4n) is 3.32. The largest absolute Gasteiger partial charge is 0.573 e. The molecule has 1 unspecified atom stereocenters. The van der Waals surface area contributed by atoms with Gasteiger partial charge in [0.1, 0.15) is 11.6 Å². The molecule has 0 fully saturated rings. The average Bonchev–Trinajstić information content (AvgIpc) is 3.04. The van der Waals surface area contributed by atoms with Gasteiger partial charge >= 0.3 is 6.36 Å². The highest BCUT2D eigenvalue weighted by molar-refractivity contribution is 7.90. The molecule has 12 heteroatoms. The van der Waals surface area contributed by atoms with E-state index in [9.17, 15) is 31.5 Å². The minimum Gasteiger partial charge on any atom is -0.406 e. The molecule has 0 radical (unpaired) electrons. The van der Waals surface area contributed by atoms with Gasteiger partial charge in [0.25, 0.3) is 10.0 Å². The van der Waals surface area contributed by atoms with Crippen molar-refractivity contribution >= 4 is 21.8 Å². The third kappa shape index (κ3) is 7.19. The number of carbonyl (C=O) groups is 1. The van der Waals surface area contributed by atoms with Gasteiger partial charge in [0.15, 0.2) is 0 Å². The Morgan fingerprint density at radius 2 is 1.79 bits per heavy atom. The molecule has 8 nitrogen and oxygen atoms in total. The predicted molar refractivity (Wildman–Crippen MR) is 118 cm³/mol. The summed E-state index contributed by atoms with van der Waals surface area (Å²) >= 11 is 0. The Balaban J connectivity index is 1.33. The van der Waals surface area contributed by atoms with Crippen LogP contribution in [0.25, 0.3) is 0 Å². The number of halogens is 3. The number of amidine groups is 1. The molecule has 1 aliphatic rings. The van der Waals surface area contributed by atoms with Gasteiger partial charge in [0, 0.05) is 25.1 Å². The highest BCUT2D eigenvalue weighted by Crippen LogP contribution is 2.24. The molecule has 1 atom stereocenters. The normalized spacial score (nSPS) is 16.5. The Kier molecular flexibility index (Phi) is 8.15. The van der Waals surface area contributed by atoms with E-state index in [0.717, 1.165) is 12.1 Å². The van der Waals surface area contributed by atoms with E-state index in [0.29, 0.717) is 42.8 Å². The van der Waals surface area contributed by atoms with Crippen LogP contribution in [0, 0.1) is 0 Å². The maximum Gasteiger partial charge on any atom is 0.573 e. The number of benzene rings is 2. The number of aliphatic hydroxyl groups excluding tert-OH is 1. The van der Waals surface area contributed by atoms with Crippen LogP contribution in [0.3, 0.4) is 0 Å². The number of aliphatic hydroxyl groups is 1. The molecule has 0 aliphatic carbocycles. The van der Waals surface area contributed by atoms with Crippen molar-refractivity contribution in [1.82, 2.24) is 10.0 Å². The zero-order valence-electron chi connectivity index (χ0n) is 18.0. The van der Waals surface area contributed by atoms with E-state index in [1.54, 1.807) is 18.2 Å². The number of nitrogens with zero attached hydrogens (tertiary/aromatic N) is 1. The first kappa shape index (κ1) is 25.5. The molecule has 0 saturated heterocycles. The number of hydrogen-bond acceptors (Lipinski definition) is 6. The van der Waals surface area contributed by atoms with Crippen molar-refractivity contribution in [2.75, 3.05) is 13.1 Å². The molecule has 2 aromatic carbocycles. The molecule has 0 aromatic heterocycles. The lowest BCUT2D eigenvalue weighted by molar-refractivity contribution is -0.274. The SMILES string of the molecule is O=C(CCCCCN=C1NS(=O)(=O)c2ccccc21)NCC(O)c1ccc(OC(F)(F)F)cc1. The van der Waals surface area contributed by atoms with Gasteiger partial charge in [-0.2, -0.15) is 0 Å². The van der Waals surface area contributed by atoms with Crippen molar-refractivity contribution < 1.29 is 36.2 Å². The molecule has 1 aliphatic heterocycles. The van der Waals surface area contributed by atoms with E-state index in [2.05, 4.69) is 19.8 Å². The van der Waals surface area contributed by atoms with Crippen LogP contribution >= 0.6 is 0 Å². The lowest BCUT2D eigenvalue weighted by atomic mass is 10.1. The van der Waals surface area contributed by atoms with Gasteiger partial charge in [-0.05, 0) is 42.7 Å². The summed E-state index contributed by atoms with van der Waals surface area (Å²) in [5, 5.41) is 12.7. The molecule has 0 bridgehead atoms. The Bertz CT molecular complexity index is 1140. The zero-order valence-corrected chi connectivity index (χ0v) is 18.8. The fraction of sp³-hybridized carbons (Fsp3) is 0.364. The summed E-state index contributed by atoms with van der Waals surface area (Å²) in [6.07, 6.45) is -3.69. The van der Waals surface area contributed by atoms with Crippen molar-refractivity contribution in [2.45, 2.75) is 43.0 Å². The maximum atomic E-state index is 12.2. The minimum absolute atomic E-state index is 0.0779. The second-order valence-corrected chi connectivity index (χ2v) is 9.23. The molecule has 2 aromatic rings. The van der Waals surface area contributed by atoms with Crippen LogP contribution in [0.15, 0.2) is 58.4 Å². The number of sulfonamides is 1. The van der Waals surface area contributed by atoms with Crippen molar-refractivity contribution in [2.24, 2.45) is 4.99 Å². The van der Waals surface area contributed by atoms with E-state index in [-0.39, 0.29) is 23.8 Å². The highest BCUT2D eigenvalue weighted by atomic mass is 32.2. The summed E-state index contributed by atoms with van der Waals surface area (Å²) in [4.78, 5) is 16.5. The van der Waals surface area contributed by atoms with E-state index >= 15 is 0 Å². The lowest BCUT2D eigenvalue weighted by Gasteiger charge is -2.14. The number of carbonyl (C=O) groups excluding carboxylic acids is 1. The van der Waals surface area contributed by atoms with Crippen molar-refractivity contribution in [3.05, 3.63) is 59.7 Å². The van der Waals surface area contributed by atoms with Crippen LogP contribution in [0.5, 0.6) is 5.75 Å². The van der Waals surface area contributed by atoms with Crippen molar-refractivity contribution in [3.8, 4) is 5.75 Å². The van der Waals surface area contributed by atoms with Crippen molar-refractivity contribution in [3.63, 3.8) is 0 Å². The number of alkyl halides is 3. The third-order valence-corrected chi connectivity index (χ3v) is 6.38. The number of fused-ring (bicyclic) bond motifs is 1. The molecule has 0 spiro atoms. The van der Waals surface area contributed by atoms with Crippen molar-refractivity contribution in [1.29, 1.82) is 0 Å². The van der Waals surface area contributed by atoms with Gasteiger partial charge in [-0.15, -0.1) is 13.2 Å². The van der Waals surface area contributed by atoms with E-state index in [4.69, 9.17) is 0 Å². The summed E-state index contributed by atoms with van der Waals surface area (Å²) in [6, 6.07) is 11.4. The van der Waals surface area contributed by atoms with Crippen LogP contribution in [0.2, 0.25) is 0 Å². The number of hydrogen-bond donors (Lipinski definition) is 3. The van der Waals surface area contributed by atoms with Crippen LogP contribution < -0.4 is 14.8 Å². The van der Waals surface area contributed by atoms with Gasteiger partial charge in [-0.25, -0.2) is 8.42 Å². The number of ether oxygens (including phenoxy) is 1. The molecule has 184 valence electrons. The van der Waals surface area contributed by atoms with Crippen LogP contribution in [-0.2, 0) is 14.8 Å². The number of nitrogens with one attached hydrogen (secondary N) is 2. The summed E-state index contributed by atoms with van der Waals surface area (Å²) in [7, 11) is -3.56. The predicted octanol–water partition coefficient (Wildman–Crippen LogP) is 3.03. The smallest absolute Gasteiger partial charge is 0.406 e. The molecule has 1 heterocycles. The maximum absolute atomic E-state index is 12.2. The summed E-state index contributed by atoms with van der Waals surface area (Å²) < 4.78 is 66.8. The Hall–Kier alpha value is -3.12. The first-order valence-electron chi connectivity index (χ1n) is 10.5. The molecule has 34 heavy (non-hydrogen) atoms. The van der Waals surface area contributed by atoms with Gasteiger partial charge in [0.2, 0.25) is 5.91 Å². The standard InChI is InChI=1S/C22H24F3N3O5S/c23-22(24,25)33-16-11-9-15(10-12-16)18(29)14-27-20(30)8-2-1-5-13-26-21-17-6-3-4-7-19(17)34(31,32)28-21/h3-4,6-7,9-12,18,29H,1-2,5,8,13-14H2,(H,26,28)(H,27,30). The van der Waals surface area contributed by atoms with Gasteiger partial charge < -0.3 is 15.2 Å². The summed E-state index contributed by atoms with van der Waals surface area (Å²) in [6.45, 7) is 0.325. The number of aliphatic imine (C=N–C) groups is 1. The van der Waals surface area contributed by atoms with Crippen LogP contribution in [0.1, 0.15) is 42.9 Å². The molecule has 3 rings (SSSR count). The van der Waals surface area contributed by atoms with E-state index < -0.39 is 28.2 Å². The lowest BCUT2D eigenvalue weighted by Crippen LogP contribution is -2.28. The van der Waals surface area contributed by atoms with E-state index in [1.165, 1.54) is 18.2 Å². The first-order chi connectivity index (χ1) is 16.0. The third-order valence-electron chi connectivity index (χ3n) is 4.99. The topological polar surface area (TPSA) is 117 Å². The molecule has 3 N–H and O–H groups in total. The number of amides is 1. The molecular formula is C22H24F3N3O5S. The monoisotopic (exact) mass is 499 g/mol. The number of unbranched alkanes of at least 4 members (excludes halogenated alkanes) is 2. The number of rotatable bonds is 10. The first-order valence-corrected chi connectivity index (χ1v) is 12.0. The van der Waals surface area contributed by atoms with Gasteiger partial charge in [-0.3, -0.25) is 14.5 Å². The quantitative estimate of drug-likeness (QED) is 0.435. The molecule has 1 amide bonds. The Labute approximate surface area is 194 Å². The minimum atomic E-state index is -4.79. The Morgan fingerprint density at radius 1 is 1.09 bits per heavy atom. The Morgan fingerprint density at radius 3 is 2.50 bits per heavy atom. The molecule has 0 saturated carbocycles. The highest BCUT2D eigenvalue weighted by Gasteiger charge is 2.31. The molecular weight excluding hydrogens is 475 g/mol. The zero-order chi connectivity index (χ0) is 24.8. The summed E-state index contributed by atoms with van der Waals surface area (Å²) in [5.41, 5.74) is 0.890. The van der Waals surface area contributed by atoms with Gasteiger partial charge in [-0.1, -0.05) is 30.7 Å². The average molecular weight is 500 g/mol. The fourth-order valence-corrected chi connectivity index (χ4v) is 4.58. The second kappa shape index (κ2) is 10.9. The van der Waals surface area contributed by atoms with Gasteiger partial charge in [0.05, 0.1) is 11.0 Å². The van der Waals surface area contributed by atoms with Crippen LogP contribution in [-0.4, -0.2) is 44.7 Å². The summed E-state index contributed by atoms with van der Waals surface area (Å²) in [5.74, 6) is -0.340. The second-order valence-electron chi connectivity index (χ2n) is 7.58. The van der Waals surface area contributed by atoms with Crippen LogP contribution in [0.4, 0.5) is 13.2 Å². The van der Waals surface area contributed by atoms with E-state index in [1.807, 2.05) is 0 Å².